The number of carbonyl (C=O) groups is 1. The highest BCUT2D eigenvalue weighted by atomic mass is 19.1. The zero-order valence-electron chi connectivity index (χ0n) is 13.2. The van der Waals surface area contributed by atoms with Crippen LogP contribution in [-0.4, -0.2) is 65.1 Å². The van der Waals surface area contributed by atoms with Gasteiger partial charge in [0, 0.05) is 31.0 Å². The van der Waals surface area contributed by atoms with Gasteiger partial charge >= 0.3 is 0 Å². The molecule has 1 aliphatic rings. The maximum atomic E-state index is 13.1. The van der Waals surface area contributed by atoms with E-state index >= 15 is 0 Å². The summed E-state index contributed by atoms with van der Waals surface area (Å²) >= 11 is 0. The number of hydrogen-bond donors (Lipinski definition) is 2. The summed E-state index contributed by atoms with van der Waals surface area (Å²) in [5.74, 6) is -0.442. The van der Waals surface area contributed by atoms with E-state index in [0.717, 1.165) is 11.1 Å². The third kappa shape index (κ3) is 3.00. The molecule has 23 heavy (non-hydrogen) atoms. The van der Waals surface area contributed by atoms with Crippen LogP contribution >= 0.6 is 0 Å². The molecule has 0 aliphatic carbocycles. The summed E-state index contributed by atoms with van der Waals surface area (Å²) < 4.78 is 13.1. The van der Waals surface area contributed by atoms with Gasteiger partial charge in [0.1, 0.15) is 5.82 Å². The number of aliphatic hydroxyl groups is 1. The number of H-pyrrole nitrogens is 1. The minimum absolute atomic E-state index is 0.0628. The van der Waals surface area contributed by atoms with Crippen molar-refractivity contribution in [3.63, 3.8) is 0 Å². The number of carbonyl (C=O) groups excluding carboxylic acids is 1. The number of nitrogens with one attached hydrogen (secondary N) is 1. The number of benzene rings is 1. The first-order valence-electron chi connectivity index (χ1n) is 7.54. The number of rotatable bonds is 3. The van der Waals surface area contributed by atoms with Crippen LogP contribution in [0.3, 0.4) is 0 Å². The lowest BCUT2D eigenvalue weighted by Gasteiger charge is -2.21. The Labute approximate surface area is 134 Å². The van der Waals surface area contributed by atoms with Crippen LogP contribution in [0.2, 0.25) is 0 Å². The van der Waals surface area contributed by atoms with Gasteiger partial charge in [-0.15, -0.1) is 0 Å². The molecule has 2 heterocycles. The average molecular weight is 317 g/mol. The van der Waals surface area contributed by atoms with Crippen molar-refractivity contribution in [2.45, 2.75) is 12.1 Å². The summed E-state index contributed by atoms with van der Waals surface area (Å²) in [5, 5.41) is 10.1. The van der Waals surface area contributed by atoms with Crippen molar-refractivity contribution < 1.29 is 14.3 Å². The standard InChI is InChI=1S/C17H20FN3O2/c1-20(2)15-9-21(10-16(15)22)17(23)14-8-19-7-13(14)11-3-5-12(18)6-4-11/h3-8,15-16,19,22H,9-10H2,1-2H3/t15-,16-/m0/s1. The Morgan fingerprint density at radius 1 is 1.26 bits per heavy atom. The Balaban J connectivity index is 1.85. The lowest BCUT2D eigenvalue weighted by Crippen LogP contribution is -2.38. The first kappa shape index (κ1) is 15.7. The largest absolute Gasteiger partial charge is 0.390 e. The van der Waals surface area contributed by atoms with Crippen LogP contribution in [0.4, 0.5) is 4.39 Å². The minimum atomic E-state index is -0.554. The van der Waals surface area contributed by atoms with E-state index in [9.17, 15) is 14.3 Å². The monoisotopic (exact) mass is 317 g/mol. The summed E-state index contributed by atoms with van der Waals surface area (Å²) in [6.45, 7) is 0.802. The van der Waals surface area contributed by atoms with Gasteiger partial charge in [0.05, 0.1) is 17.7 Å². The van der Waals surface area contributed by atoms with Crippen molar-refractivity contribution in [2.75, 3.05) is 27.2 Å². The maximum absolute atomic E-state index is 13.1. The van der Waals surface area contributed by atoms with Gasteiger partial charge in [-0.05, 0) is 31.8 Å². The Morgan fingerprint density at radius 2 is 1.96 bits per heavy atom. The van der Waals surface area contributed by atoms with E-state index < -0.39 is 6.10 Å². The van der Waals surface area contributed by atoms with Gasteiger partial charge in [-0.2, -0.15) is 0 Å². The number of likely N-dealkylation sites (tertiary alicyclic amines) is 1. The van der Waals surface area contributed by atoms with Gasteiger partial charge in [-0.3, -0.25) is 4.79 Å². The summed E-state index contributed by atoms with van der Waals surface area (Å²) in [5.41, 5.74) is 2.04. The van der Waals surface area contributed by atoms with Crippen molar-refractivity contribution in [1.82, 2.24) is 14.8 Å². The third-order valence-corrected chi connectivity index (χ3v) is 4.34. The molecular weight excluding hydrogens is 297 g/mol. The number of amides is 1. The second-order valence-electron chi connectivity index (χ2n) is 6.10. The van der Waals surface area contributed by atoms with Crippen LogP contribution in [0, 0.1) is 5.82 Å². The molecule has 3 rings (SSSR count). The Bertz CT molecular complexity index is 696. The number of likely N-dealkylation sites (N-methyl/N-ethyl adjacent to an activating group) is 1. The molecular formula is C17H20FN3O2. The van der Waals surface area contributed by atoms with Gasteiger partial charge in [0.25, 0.3) is 5.91 Å². The molecule has 0 saturated carbocycles. The third-order valence-electron chi connectivity index (χ3n) is 4.34. The van der Waals surface area contributed by atoms with Crippen LogP contribution in [0.25, 0.3) is 11.1 Å². The summed E-state index contributed by atoms with van der Waals surface area (Å²) in [6, 6.07) is 5.98. The van der Waals surface area contributed by atoms with Gasteiger partial charge in [0.15, 0.2) is 0 Å². The van der Waals surface area contributed by atoms with Crippen molar-refractivity contribution >= 4 is 5.91 Å². The second kappa shape index (κ2) is 6.14. The first-order valence-corrected chi connectivity index (χ1v) is 7.54. The fourth-order valence-corrected chi connectivity index (χ4v) is 3.02. The van der Waals surface area contributed by atoms with E-state index in [1.807, 2.05) is 19.0 Å². The van der Waals surface area contributed by atoms with Gasteiger partial charge in [0.2, 0.25) is 0 Å². The highest BCUT2D eigenvalue weighted by molar-refractivity contribution is 6.01. The van der Waals surface area contributed by atoms with E-state index in [1.54, 1.807) is 29.4 Å². The van der Waals surface area contributed by atoms with E-state index in [1.165, 1.54) is 12.1 Å². The summed E-state index contributed by atoms with van der Waals surface area (Å²) in [4.78, 5) is 19.3. The molecule has 1 aromatic heterocycles. The number of aromatic amines is 1. The molecule has 2 N–H and O–H groups in total. The van der Waals surface area contributed by atoms with Crippen LogP contribution in [0.5, 0.6) is 0 Å². The van der Waals surface area contributed by atoms with Crippen LogP contribution in [-0.2, 0) is 0 Å². The average Bonchev–Trinajstić information content (AvgIpc) is 3.14. The minimum Gasteiger partial charge on any atom is -0.390 e. The number of aromatic nitrogens is 1. The molecule has 1 saturated heterocycles. The van der Waals surface area contributed by atoms with Gasteiger partial charge in [-0.25, -0.2) is 4.39 Å². The lowest BCUT2D eigenvalue weighted by molar-refractivity contribution is 0.0765. The molecule has 1 amide bonds. The molecule has 0 radical (unpaired) electrons. The molecule has 2 aromatic rings. The van der Waals surface area contributed by atoms with E-state index in [0.29, 0.717) is 18.7 Å². The molecule has 122 valence electrons. The van der Waals surface area contributed by atoms with Crippen LogP contribution in [0.1, 0.15) is 10.4 Å². The van der Waals surface area contributed by atoms with Crippen LogP contribution < -0.4 is 0 Å². The van der Waals surface area contributed by atoms with E-state index in [2.05, 4.69) is 4.98 Å². The van der Waals surface area contributed by atoms with E-state index in [-0.39, 0.29) is 17.8 Å². The van der Waals surface area contributed by atoms with Gasteiger partial charge < -0.3 is 19.9 Å². The zero-order valence-corrected chi connectivity index (χ0v) is 13.2. The molecule has 0 bridgehead atoms. The molecule has 6 heteroatoms. The normalized spacial score (nSPS) is 21.2. The highest BCUT2D eigenvalue weighted by Gasteiger charge is 2.36. The number of β-amino-alcohol motifs (C(OH)–C–C–N with tert-alkyl or cyclic N) is 1. The quantitative estimate of drug-likeness (QED) is 0.903. The topological polar surface area (TPSA) is 59.6 Å². The molecule has 0 unspecified atom stereocenters. The smallest absolute Gasteiger partial charge is 0.256 e. The van der Waals surface area contributed by atoms with Crippen molar-refractivity contribution in [2.24, 2.45) is 0 Å². The second-order valence-corrected chi connectivity index (χ2v) is 6.10. The highest BCUT2D eigenvalue weighted by Crippen LogP contribution is 2.26. The lowest BCUT2D eigenvalue weighted by atomic mass is 10.0. The maximum Gasteiger partial charge on any atom is 0.256 e. The Kier molecular flexibility index (Phi) is 4.19. The summed E-state index contributed by atoms with van der Waals surface area (Å²) in [6.07, 6.45) is 2.83. The number of hydrogen-bond acceptors (Lipinski definition) is 3. The fourth-order valence-electron chi connectivity index (χ4n) is 3.02. The van der Waals surface area contributed by atoms with Crippen LogP contribution in [0.15, 0.2) is 36.7 Å². The molecule has 0 spiro atoms. The molecule has 1 fully saturated rings. The number of halogens is 1. The van der Waals surface area contributed by atoms with Gasteiger partial charge in [-0.1, -0.05) is 12.1 Å². The predicted octanol–water partition coefficient (Wildman–Crippen LogP) is 1.57. The molecule has 1 aliphatic heterocycles. The zero-order chi connectivity index (χ0) is 16.6. The van der Waals surface area contributed by atoms with E-state index in [4.69, 9.17) is 0 Å². The molecule has 5 nitrogen and oxygen atoms in total. The number of aliphatic hydroxyl groups excluding tert-OH is 1. The Hall–Kier alpha value is -2.18. The van der Waals surface area contributed by atoms with Crippen molar-refractivity contribution in [3.05, 3.63) is 48.0 Å². The summed E-state index contributed by atoms with van der Waals surface area (Å²) in [7, 11) is 3.78. The first-order chi connectivity index (χ1) is 11.0. The molecule has 2 atom stereocenters. The molecule has 1 aromatic carbocycles. The SMILES string of the molecule is CN(C)[C@H]1CN(C(=O)c2c[nH]cc2-c2ccc(F)cc2)C[C@@H]1O. The predicted molar refractivity (Wildman–Crippen MR) is 85.6 cm³/mol. The van der Waals surface area contributed by atoms with Crippen molar-refractivity contribution in [1.29, 1.82) is 0 Å². The number of nitrogens with zero attached hydrogens (tertiary/aromatic N) is 2. The Morgan fingerprint density at radius 3 is 2.57 bits per heavy atom. The fraction of sp³-hybridized carbons (Fsp3) is 0.353. The van der Waals surface area contributed by atoms with Crippen molar-refractivity contribution in [3.8, 4) is 11.1 Å².